The number of carbonyl (C=O) groups excluding carboxylic acids is 3. The molecular formula is C50H96O6. The maximum absolute atomic E-state index is 12.7. The highest BCUT2D eigenvalue weighted by atomic mass is 16.6. The lowest BCUT2D eigenvalue weighted by Crippen LogP contribution is -2.30. The molecule has 332 valence electrons. The predicted octanol–water partition coefficient (Wildman–Crippen LogP) is 15.9. The molecule has 0 aromatic rings. The lowest BCUT2D eigenvalue weighted by molar-refractivity contribution is -0.167. The predicted molar refractivity (Wildman–Crippen MR) is 238 cm³/mol. The van der Waals surface area contributed by atoms with E-state index in [2.05, 4.69) is 27.7 Å². The van der Waals surface area contributed by atoms with Gasteiger partial charge in [-0.15, -0.1) is 0 Å². The first-order chi connectivity index (χ1) is 27.4. The first-order valence-corrected chi connectivity index (χ1v) is 24.9. The van der Waals surface area contributed by atoms with Gasteiger partial charge >= 0.3 is 17.9 Å². The lowest BCUT2D eigenvalue weighted by atomic mass is 10.0. The Morgan fingerprint density at radius 1 is 0.339 bits per heavy atom. The van der Waals surface area contributed by atoms with E-state index in [1.54, 1.807) is 0 Å². The quantitative estimate of drug-likeness (QED) is 0.0347. The maximum Gasteiger partial charge on any atom is 0.306 e. The third kappa shape index (κ3) is 43.5. The van der Waals surface area contributed by atoms with E-state index in [0.717, 1.165) is 70.1 Å². The van der Waals surface area contributed by atoms with Crippen molar-refractivity contribution in [3.8, 4) is 0 Å². The van der Waals surface area contributed by atoms with Crippen molar-refractivity contribution in [1.82, 2.24) is 0 Å². The molecule has 0 aliphatic carbocycles. The average Bonchev–Trinajstić information content (AvgIpc) is 3.18. The number of esters is 3. The molecule has 0 unspecified atom stereocenters. The van der Waals surface area contributed by atoms with Crippen molar-refractivity contribution < 1.29 is 28.6 Å². The summed E-state index contributed by atoms with van der Waals surface area (Å²) in [6.07, 6.45) is 45.5. The number of carbonyl (C=O) groups is 3. The number of hydrogen-bond donors (Lipinski definition) is 0. The van der Waals surface area contributed by atoms with Gasteiger partial charge in [0.25, 0.3) is 0 Å². The molecule has 0 heterocycles. The Balaban J connectivity index is 4.12. The molecule has 0 rings (SSSR count). The average molecular weight is 793 g/mol. The topological polar surface area (TPSA) is 78.9 Å². The van der Waals surface area contributed by atoms with Gasteiger partial charge in [-0.05, 0) is 25.2 Å². The summed E-state index contributed by atoms with van der Waals surface area (Å²) in [5, 5.41) is 0. The molecule has 0 aliphatic rings. The smallest absolute Gasteiger partial charge is 0.306 e. The minimum Gasteiger partial charge on any atom is -0.462 e. The third-order valence-electron chi connectivity index (χ3n) is 11.3. The van der Waals surface area contributed by atoms with Crippen molar-refractivity contribution in [1.29, 1.82) is 0 Å². The van der Waals surface area contributed by atoms with Gasteiger partial charge in [0.15, 0.2) is 6.10 Å². The Morgan fingerprint density at radius 2 is 0.589 bits per heavy atom. The van der Waals surface area contributed by atoms with Gasteiger partial charge in [0, 0.05) is 19.3 Å². The fourth-order valence-electron chi connectivity index (χ4n) is 7.51. The summed E-state index contributed by atoms with van der Waals surface area (Å²) >= 11 is 0. The van der Waals surface area contributed by atoms with Crippen LogP contribution in [0.3, 0.4) is 0 Å². The fraction of sp³-hybridized carbons (Fsp3) is 0.940. The molecule has 56 heavy (non-hydrogen) atoms. The van der Waals surface area contributed by atoms with E-state index in [1.807, 2.05) is 0 Å². The summed E-state index contributed by atoms with van der Waals surface area (Å²) in [5.41, 5.74) is 0. The number of hydrogen-bond acceptors (Lipinski definition) is 6. The molecule has 0 aliphatic heterocycles. The highest BCUT2D eigenvalue weighted by Gasteiger charge is 2.19. The SMILES string of the molecule is CCCCCCCCCCCCCCCCCCCC(=O)OC[C@H](COC(=O)CCCCCCC)OC(=O)CCCCCCCCCCCCCCCC(C)C. The van der Waals surface area contributed by atoms with Crippen molar-refractivity contribution in [2.75, 3.05) is 13.2 Å². The van der Waals surface area contributed by atoms with Crippen molar-refractivity contribution in [2.24, 2.45) is 5.92 Å². The second kappa shape index (κ2) is 44.5. The van der Waals surface area contributed by atoms with E-state index in [9.17, 15) is 14.4 Å². The van der Waals surface area contributed by atoms with Gasteiger partial charge in [0.1, 0.15) is 13.2 Å². The van der Waals surface area contributed by atoms with Crippen LogP contribution in [0.2, 0.25) is 0 Å². The molecule has 0 amide bonds. The van der Waals surface area contributed by atoms with Gasteiger partial charge in [0.2, 0.25) is 0 Å². The molecule has 0 bridgehead atoms. The van der Waals surface area contributed by atoms with Crippen LogP contribution in [-0.2, 0) is 28.6 Å². The van der Waals surface area contributed by atoms with Crippen molar-refractivity contribution in [2.45, 2.75) is 284 Å². The van der Waals surface area contributed by atoms with Crippen LogP contribution in [0.15, 0.2) is 0 Å². The van der Waals surface area contributed by atoms with Gasteiger partial charge in [0.05, 0.1) is 0 Å². The van der Waals surface area contributed by atoms with E-state index < -0.39 is 6.10 Å². The number of rotatable bonds is 45. The van der Waals surface area contributed by atoms with E-state index in [0.29, 0.717) is 19.3 Å². The molecule has 6 nitrogen and oxygen atoms in total. The van der Waals surface area contributed by atoms with Gasteiger partial charge in [-0.2, -0.15) is 0 Å². The standard InChI is InChI=1S/C50H96O6/c1-5-7-9-11-12-13-14-15-16-17-18-21-24-27-30-34-38-42-49(52)55-45-47(44-54-48(51)41-37-32-10-8-6-2)56-50(53)43-39-35-31-28-25-22-19-20-23-26-29-33-36-40-46(3)4/h46-47H,5-45H2,1-4H3/t47-/m0/s1. The number of unbranched alkanes of at least 4 members (excludes halogenated alkanes) is 32. The summed E-state index contributed by atoms with van der Waals surface area (Å²) in [6.45, 7) is 8.95. The molecule has 0 spiro atoms. The monoisotopic (exact) mass is 793 g/mol. The van der Waals surface area contributed by atoms with Crippen LogP contribution < -0.4 is 0 Å². The van der Waals surface area contributed by atoms with Crippen LogP contribution in [0.1, 0.15) is 278 Å². The zero-order valence-electron chi connectivity index (χ0n) is 38.1. The summed E-state index contributed by atoms with van der Waals surface area (Å²) in [7, 11) is 0. The Kier molecular flexibility index (Phi) is 43.2. The minimum atomic E-state index is -0.758. The highest BCUT2D eigenvalue weighted by molar-refractivity contribution is 5.71. The summed E-state index contributed by atoms with van der Waals surface area (Å²) in [4.78, 5) is 37.6. The van der Waals surface area contributed by atoms with Gasteiger partial charge < -0.3 is 14.2 Å². The largest absolute Gasteiger partial charge is 0.462 e. The number of ether oxygens (including phenoxy) is 3. The zero-order valence-corrected chi connectivity index (χ0v) is 38.1. The molecule has 0 N–H and O–H groups in total. The summed E-state index contributed by atoms with van der Waals surface area (Å²) in [6, 6.07) is 0. The second-order valence-corrected chi connectivity index (χ2v) is 17.6. The van der Waals surface area contributed by atoms with Crippen LogP contribution >= 0.6 is 0 Å². The molecule has 0 fully saturated rings. The maximum atomic E-state index is 12.7. The Hall–Kier alpha value is -1.59. The van der Waals surface area contributed by atoms with Gasteiger partial charge in [-0.3, -0.25) is 14.4 Å². The van der Waals surface area contributed by atoms with Crippen LogP contribution in [0.5, 0.6) is 0 Å². The summed E-state index contributed by atoms with van der Waals surface area (Å²) < 4.78 is 16.7. The first-order valence-electron chi connectivity index (χ1n) is 24.9. The van der Waals surface area contributed by atoms with E-state index in [4.69, 9.17) is 14.2 Å². The Labute approximate surface area is 348 Å². The van der Waals surface area contributed by atoms with Gasteiger partial charge in [-0.1, -0.05) is 240 Å². The molecule has 0 saturated carbocycles. The molecule has 1 atom stereocenters. The molecule has 0 aromatic heterocycles. The molecule has 0 radical (unpaired) electrons. The minimum absolute atomic E-state index is 0.0640. The molecule has 6 heteroatoms. The Bertz CT molecular complexity index is 841. The second-order valence-electron chi connectivity index (χ2n) is 17.6. The van der Waals surface area contributed by atoms with E-state index >= 15 is 0 Å². The normalized spacial score (nSPS) is 11.9. The lowest BCUT2D eigenvalue weighted by Gasteiger charge is -2.18. The molecular weight excluding hydrogens is 697 g/mol. The Morgan fingerprint density at radius 3 is 0.875 bits per heavy atom. The van der Waals surface area contributed by atoms with Crippen molar-refractivity contribution >= 4 is 17.9 Å². The first kappa shape index (κ1) is 54.4. The molecule has 0 aromatic carbocycles. The third-order valence-corrected chi connectivity index (χ3v) is 11.3. The fourth-order valence-corrected chi connectivity index (χ4v) is 7.51. The van der Waals surface area contributed by atoms with Crippen molar-refractivity contribution in [3.63, 3.8) is 0 Å². The van der Waals surface area contributed by atoms with Crippen LogP contribution in [0.25, 0.3) is 0 Å². The van der Waals surface area contributed by atoms with E-state index in [-0.39, 0.29) is 31.1 Å². The highest BCUT2D eigenvalue weighted by Crippen LogP contribution is 2.17. The van der Waals surface area contributed by atoms with Gasteiger partial charge in [-0.25, -0.2) is 0 Å². The van der Waals surface area contributed by atoms with Crippen LogP contribution in [0, 0.1) is 5.92 Å². The van der Waals surface area contributed by atoms with Crippen LogP contribution in [0.4, 0.5) is 0 Å². The van der Waals surface area contributed by atoms with Crippen LogP contribution in [-0.4, -0.2) is 37.2 Å². The van der Waals surface area contributed by atoms with Crippen molar-refractivity contribution in [3.05, 3.63) is 0 Å². The van der Waals surface area contributed by atoms with E-state index in [1.165, 1.54) is 167 Å². The molecule has 0 saturated heterocycles. The summed E-state index contributed by atoms with van der Waals surface area (Å²) in [5.74, 6) is -0.0235. The zero-order chi connectivity index (χ0) is 41.0.